The summed E-state index contributed by atoms with van der Waals surface area (Å²) in [5.41, 5.74) is 0.211. The number of methoxy groups -OCH3 is 2. The van der Waals surface area contributed by atoms with Crippen molar-refractivity contribution in [1.29, 1.82) is 0 Å². The van der Waals surface area contributed by atoms with Gasteiger partial charge in [-0.25, -0.2) is 0 Å². The number of amides is 1. The molecule has 154 valence electrons. The predicted molar refractivity (Wildman–Crippen MR) is 104 cm³/mol. The summed E-state index contributed by atoms with van der Waals surface area (Å²) in [5, 5.41) is 13.1. The minimum atomic E-state index is -1.76. The Balaban J connectivity index is 1.86. The quantitative estimate of drug-likeness (QED) is 0.368. The normalized spacial score (nSPS) is 11.2. The van der Waals surface area contributed by atoms with Crippen molar-refractivity contribution in [3.63, 3.8) is 0 Å². The number of carbonyl (C=O) groups is 2. The monoisotopic (exact) mass is 422 g/mol. The van der Waals surface area contributed by atoms with Gasteiger partial charge in [-0.3, -0.25) is 23.9 Å². The number of esters is 1. The summed E-state index contributed by atoms with van der Waals surface area (Å²) in [7, 11) is 1.16. The van der Waals surface area contributed by atoms with Gasteiger partial charge in [0, 0.05) is 23.1 Å². The van der Waals surface area contributed by atoms with Crippen LogP contribution in [0.4, 0.5) is 11.4 Å². The maximum atomic E-state index is 12.1. The second-order valence-corrected chi connectivity index (χ2v) is 6.97. The zero-order valence-corrected chi connectivity index (χ0v) is 16.4. The smallest absolute Gasteiger partial charge is 0.319 e. The topological polar surface area (TPSA) is 134 Å². The van der Waals surface area contributed by atoms with Crippen LogP contribution in [0.1, 0.15) is 0 Å². The van der Waals surface area contributed by atoms with Gasteiger partial charge in [0.1, 0.15) is 17.3 Å². The number of hydrogen-bond donors (Lipinski definition) is 1. The molecular weight excluding hydrogens is 404 g/mol. The van der Waals surface area contributed by atoms with Gasteiger partial charge in [-0.1, -0.05) is 0 Å². The van der Waals surface area contributed by atoms with Crippen molar-refractivity contribution in [3.8, 4) is 11.5 Å². The summed E-state index contributed by atoms with van der Waals surface area (Å²) in [6.45, 7) is -0.578. The molecule has 0 radical (unpaired) electrons. The number of non-ortho nitro benzene ring substituents is 1. The molecule has 29 heavy (non-hydrogen) atoms. The number of nitrogens with one attached hydrogen (secondary N) is 1. The highest BCUT2D eigenvalue weighted by Gasteiger charge is 2.15. The van der Waals surface area contributed by atoms with Gasteiger partial charge in [0.25, 0.3) is 11.6 Å². The second kappa shape index (κ2) is 10.2. The lowest BCUT2D eigenvalue weighted by Crippen LogP contribution is -2.23. The van der Waals surface area contributed by atoms with Crippen LogP contribution in [0.3, 0.4) is 0 Å². The average Bonchev–Trinajstić information content (AvgIpc) is 2.72. The first-order chi connectivity index (χ1) is 13.8. The van der Waals surface area contributed by atoms with E-state index in [1.54, 1.807) is 18.2 Å². The first-order valence-corrected chi connectivity index (χ1v) is 9.46. The molecular formula is C18H18N2O8S. The van der Waals surface area contributed by atoms with Crippen molar-refractivity contribution < 1.29 is 32.9 Å². The first-order valence-electron chi connectivity index (χ1n) is 8.14. The van der Waals surface area contributed by atoms with Crippen LogP contribution in [-0.2, 0) is 25.1 Å². The number of rotatable bonds is 9. The highest BCUT2D eigenvalue weighted by Crippen LogP contribution is 2.28. The van der Waals surface area contributed by atoms with Crippen LogP contribution in [0, 0.1) is 10.1 Å². The molecule has 11 heteroatoms. The molecule has 2 aromatic rings. The molecule has 2 aromatic carbocycles. The van der Waals surface area contributed by atoms with E-state index in [0.29, 0.717) is 17.2 Å². The van der Waals surface area contributed by atoms with E-state index in [1.165, 1.54) is 38.5 Å². The third kappa shape index (κ3) is 6.28. The van der Waals surface area contributed by atoms with Crippen LogP contribution in [0.2, 0.25) is 0 Å². The van der Waals surface area contributed by atoms with Gasteiger partial charge in [0.05, 0.1) is 35.6 Å². The van der Waals surface area contributed by atoms with Gasteiger partial charge in [-0.15, -0.1) is 0 Å². The molecule has 0 bridgehead atoms. The zero-order valence-electron chi connectivity index (χ0n) is 15.6. The lowest BCUT2D eigenvalue weighted by Gasteiger charge is -2.11. The van der Waals surface area contributed by atoms with E-state index in [0.717, 1.165) is 0 Å². The van der Waals surface area contributed by atoms with Crippen molar-refractivity contribution in [2.45, 2.75) is 4.90 Å². The number of hydrogen-bond acceptors (Lipinski definition) is 8. The highest BCUT2D eigenvalue weighted by molar-refractivity contribution is 7.85. The Labute approximate surface area is 168 Å². The SMILES string of the molecule is COc1ccc(NC(=O)COC(=O)C[S@@](=O)c2ccc([N+](=O)[O-])cc2)c(OC)c1. The molecule has 0 aliphatic heterocycles. The number of nitro benzene ring substituents is 1. The summed E-state index contributed by atoms with van der Waals surface area (Å²) < 4.78 is 27.2. The van der Waals surface area contributed by atoms with Gasteiger partial charge < -0.3 is 19.5 Å². The Kier molecular flexibility index (Phi) is 7.66. The van der Waals surface area contributed by atoms with Gasteiger partial charge in [-0.2, -0.15) is 0 Å². The minimum absolute atomic E-state index is 0.154. The van der Waals surface area contributed by atoms with E-state index in [-0.39, 0.29) is 10.6 Å². The van der Waals surface area contributed by atoms with E-state index in [2.05, 4.69) is 5.32 Å². The molecule has 0 saturated carbocycles. The maximum absolute atomic E-state index is 12.1. The number of nitrogens with zero attached hydrogens (tertiary/aromatic N) is 1. The summed E-state index contributed by atoms with van der Waals surface area (Å²) >= 11 is 0. The van der Waals surface area contributed by atoms with Crippen LogP contribution in [-0.4, -0.2) is 47.6 Å². The van der Waals surface area contributed by atoms with Crippen molar-refractivity contribution in [2.75, 3.05) is 31.9 Å². The number of benzene rings is 2. The van der Waals surface area contributed by atoms with Crippen molar-refractivity contribution in [3.05, 3.63) is 52.6 Å². The summed E-state index contributed by atoms with van der Waals surface area (Å²) in [5.74, 6) is -1.04. The Morgan fingerprint density at radius 3 is 2.38 bits per heavy atom. The lowest BCUT2D eigenvalue weighted by molar-refractivity contribution is -0.384. The van der Waals surface area contributed by atoms with Crippen molar-refractivity contribution in [2.24, 2.45) is 0 Å². The molecule has 0 heterocycles. The molecule has 0 unspecified atom stereocenters. The Morgan fingerprint density at radius 2 is 1.79 bits per heavy atom. The van der Waals surface area contributed by atoms with E-state index < -0.39 is 40.0 Å². The van der Waals surface area contributed by atoms with Gasteiger partial charge in [0.2, 0.25) is 0 Å². The number of carbonyl (C=O) groups excluding carboxylic acids is 2. The van der Waals surface area contributed by atoms with Crippen molar-refractivity contribution in [1.82, 2.24) is 0 Å². The third-order valence-corrected chi connectivity index (χ3v) is 4.90. The summed E-state index contributed by atoms with van der Waals surface area (Å²) in [6.07, 6.45) is 0. The maximum Gasteiger partial charge on any atom is 0.319 e. The van der Waals surface area contributed by atoms with Gasteiger partial charge in [0.15, 0.2) is 6.61 Å². The second-order valence-electron chi connectivity index (χ2n) is 5.52. The van der Waals surface area contributed by atoms with E-state index >= 15 is 0 Å². The fourth-order valence-electron chi connectivity index (χ4n) is 2.19. The lowest BCUT2D eigenvalue weighted by atomic mass is 10.2. The molecule has 1 atom stereocenters. The van der Waals surface area contributed by atoms with Crippen LogP contribution in [0.5, 0.6) is 11.5 Å². The average molecular weight is 422 g/mol. The summed E-state index contributed by atoms with van der Waals surface area (Å²) in [4.78, 5) is 34.1. The van der Waals surface area contributed by atoms with E-state index in [4.69, 9.17) is 14.2 Å². The van der Waals surface area contributed by atoms with Crippen LogP contribution < -0.4 is 14.8 Å². The van der Waals surface area contributed by atoms with Crippen LogP contribution in [0.15, 0.2) is 47.4 Å². The van der Waals surface area contributed by atoms with Gasteiger partial charge in [-0.05, 0) is 24.3 Å². The molecule has 0 spiro atoms. The zero-order chi connectivity index (χ0) is 21.4. The fourth-order valence-corrected chi connectivity index (χ4v) is 3.09. The molecule has 0 fully saturated rings. The Morgan fingerprint density at radius 1 is 1.10 bits per heavy atom. The molecule has 2 rings (SSSR count). The molecule has 1 amide bonds. The molecule has 1 N–H and O–H groups in total. The molecule has 0 saturated heterocycles. The number of ether oxygens (including phenoxy) is 3. The molecule has 10 nitrogen and oxygen atoms in total. The summed E-state index contributed by atoms with van der Waals surface area (Å²) in [6, 6.07) is 9.74. The van der Waals surface area contributed by atoms with Gasteiger partial charge >= 0.3 is 5.97 Å². The number of nitro groups is 1. The van der Waals surface area contributed by atoms with Crippen molar-refractivity contribution >= 4 is 34.1 Å². The largest absolute Gasteiger partial charge is 0.497 e. The van der Waals surface area contributed by atoms with Crippen LogP contribution >= 0.6 is 0 Å². The Hall–Kier alpha value is -3.47. The number of anilines is 1. The third-order valence-electron chi connectivity index (χ3n) is 3.61. The molecule has 0 aliphatic rings. The van der Waals surface area contributed by atoms with E-state index in [1.807, 2.05) is 0 Å². The first kappa shape index (κ1) is 21.8. The predicted octanol–water partition coefficient (Wildman–Crippen LogP) is 1.90. The van der Waals surface area contributed by atoms with Crippen LogP contribution in [0.25, 0.3) is 0 Å². The van der Waals surface area contributed by atoms with E-state index in [9.17, 15) is 23.9 Å². The molecule has 0 aromatic heterocycles. The standard InChI is InChI=1S/C18H18N2O8S/c1-26-13-5-8-15(16(9-13)27-2)19-17(21)10-28-18(22)11-29(25)14-6-3-12(4-7-14)20(23)24/h3-9H,10-11H2,1-2H3,(H,19,21)/t29-/m1/s1. The fraction of sp³-hybridized carbons (Fsp3) is 0.222. The Bertz CT molecular complexity index is 930. The minimum Gasteiger partial charge on any atom is -0.497 e. The molecule has 0 aliphatic carbocycles. The highest BCUT2D eigenvalue weighted by atomic mass is 32.2.